The maximum atomic E-state index is 14.7. The Morgan fingerprint density at radius 3 is 2.71 bits per heavy atom. The average Bonchev–Trinajstić information content (AvgIpc) is 3.41. The van der Waals surface area contributed by atoms with Crippen LogP contribution in [-0.4, -0.2) is 40.9 Å². The van der Waals surface area contributed by atoms with Crippen LogP contribution in [0.3, 0.4) is 0 Å². The highest BCUT2D eigenvalue weighted by molar-refractivity contribution is 6.45. The van der Waals surface area contributed by atoms with Gasteiger partial charge in [0.2, 0.25) is 5.91 Å². The lowest BCUT2D eigenvalue weighted by Crippen LogP contribution is -2.38. The second kappa shape index (κ2) is 14.0. The van der Waals surface area contributed by atoms with Gasteiger partial charge >= 0.3 is 6.09 Å². The van der Waals surface area contributed by atoms with E-state index in [-0.39, 0.29) is 28.1 Å². The number of carbonyl (C=O) groups is 3. The quantitative estimate of drug-likeness (QED) is 0.271. The van der Waals surface area contributed by atoms with E-state index in [1.165, 1.54) is 6.07 Å². The van der Waals surface area contributed by atoms with Gasteiger partial charge in [-0.1, -0.05) is 50.9 Å². The fourth-order valence-electron chi connectivity index (χ4n) is 5.31. The highest BCUT2D eigenvalue weighted by Gasteiger charge is 2.33. The van der Waals surface area contributed by atoms with E-state index in [0.717, 1.165) is 5.56 Å². The monoisotopic (exact) mass is 632 g/mol. The third-order valence-electron chi connectivity index (χ3n) is 7.84. The SMILES string of the molecule is CCCOC(=O)Nc1ccc2c(c1)NC(=O)[C@H](C)CCC[C@H](NC(=O)C1=NN=C(c3cccc(Cl)c3F)C1C)c1cc-2ccn1. The molecule has 3 amide bonds. The lowest BCUT2D eigenvalue weighted by atomic mass is 9.93. The zero-order chi connectivity index (χ0) is 32.1. The predicted molar refractivity (Wildman–Crippen MR) is 172 cm³/mol. The summed E-state index contributed by atoms with van der Waals surface area (Å²) in [4.78, 5) is 43.5. The van der Waals surface area contributed by atoms with Crippen LogP contribution in [0.2, 0.25) is 5.02 Å². The largest absolute Gasteiger partial charge is 0.449 e. The summed E-state index contributed by atoms with van der Waals surface area (Å²) in [5, 5.41) is 17.0. The van der Waals surface area contributed by atoms with Gasteiger partial charge in [-0.2, -0.15) is 5.10 Å². The van der Waals surface area contributed by atoms with Crippen molar-refractivity contribution in [1.82, 2.24) is 10.3 Å². The Kier molecular flexibility index (Phi) is 9.87. The second-order valence-electron chi connectivity index (χ2n) is 11.1. The fourth-order valence-corrected chi connectivity index (χ4v) is 5.49. The lowest BCUT2D eigenvalue weighted by Gasteiger charge is -2.23. The van der Waals surface area contributed by atoms with E-state index in [1.54, 1.807) is 43.5 Å². The standard InChI is InChI=1S/C33H34ClFN6O4/c1-4-15-45-33(44)37-21-11-12-22-20-13-14-36-27(16-20)25(10-5-7-18(2)31(42)39-26(22)17-21)38-32(43)30-19(3)29(40-41-30)23-8-6-9-24(34)28(23)35/h6,8-9,11-14,16-19,25H,4-5,7,10,15H2,1-3H3,(H,37,44)(H,38,43)(H,39,42)/t18-,19?,25+/m1/s1. The van der Waals surface area contributed by atoms with Crippen molar-refractivity contribution in [3.8, 4) is 11.1 Å². The number of hydrogen-bond donors (Lipinski definition) is 3. The molecule has 12 heteroatoms. The number of benzene rings is 2. The number of fused-ring (bicyclic) bond motifs is 4. The Morgan fingerprint density at radius 2 is 1.91 bits per heavy atom. The fraction of sp³-hybridized carbons (Fsp3) is 0.333. The van der Waals surface area contributed by atoms with Crippen molar-refractivity contribution in [3.05, 3.63) is 76.8 Å². The van der Waals surface area contributed by atoms with Crippen molar-refractivity contribution < 1.29 is 23.5 Å². The molecule has 3 heterocycles. The van der Waals surface area contributed by atoms with Gasteiger partial charge in [-0.25, -0.2) is 9.18 Å². The zero-order valence-corrected chi connectivity index (χ0v) is 26.0. The van der Waals surface area contributed by atoms with Crippen LogP contribution in [0.1, 0.15) is 63.8 Å². The molecule has 2 aromatic carbocycles. The first-order valence-electron chi connectivity index (χ1n) is 14.9. The smallest absolute Gasteiger partial charge is 0.411 e. The number of hydrogen-bond acceptors (Lipinski definition) is 7. The maximum Gasteiger partial charge on any atom is 0.411 e. The minimum Gasteiger partial charge on any atom is -0.449 e. The molecule has 45 heavy (non-hydrogen) atoms. The molecule has 1 aromatic heterocycles. The van der Waals surface area contributed by atoms with Gasteiger partial charge in [-0.15, -0.1) is 5.10 Å². The third kappa shape index (κ3) is 7.20. The van der Waals surface area contributed by atoms with Crippen molar-refractivity contribution in [2.45, 2.75) is 52.5 Å². The summed E-state index contributed by atoms with van der Waals surface area (Å²) in [5.41, 5.74) is 3.77. The van der Waals surface area contributed by atoms with E-state index in [2.05, 4.69) is 31.1 Å². The molecule has 2 aliphatic rings. The summed E-state index contributed by atoms with van der Waals surface area (Å²) in [6.07, 6.45) is 3.48. The predicted octanol–water partition coefficient (Wildman–Crippen LogP) is 6.91. The van der Waals surface area contributed by atoms with E-state index in [4.69, 9.17) is 16.3 Å². The van der Waals surface area contributed by atoms with E-state index in [1.807, 2.05) is 26.0 Å². The number of nitrogens with zero attached hydrogens (tertiary/aromatic N) is 3. The van der Waals surface area contributed by atoms with Crippen molar-refractivity contribution in [2.24, 2.45) is 22.0 Å². The van der Waals surface area contributed by atoms with Crippen LogP contribution >= 0.6 is 11.6 Å². The molecule has 0 saturated carbocycles. The number of carbonyl (C=O) groups excluding carboxylic acids is 3. The van der Waals surface area contributed by atoms with Crippen LogP contribution < -0.4 is 16.0 Å². The van der Waals surface area contributed by atoms with E-state index in [0.29, 0.717) is 60.6 Å². The first kappa shape index (κ1) is 31.8. The Labute approximate surface area is 265 Å². The molecule has 0 radical (unpaired) electrons. The first-order valence-corrected chi connectivity index (χ1v) is 15.3. The summed E-state index contributed by atoms with van der Waals surface area (Å²) >= 11 is 5.97. The molecule has 1 unspecified atom stereocenters. The van der Waals surface area contributed by atoms with Gasteiger partial charge in [-0.3, -0.25) is 19.9 Å². The van der Waals surface area contributed by atoms with E-state index >= 15 is 0 Å². The van der Waals surface area contributed by atoms with Crippen molar-refractivity contribution in [3.63, 3.8) is 0 Å². The summed E-state index contributed by atoms with van der Waals surface area (Å²) in [7, 11) is 0. The van der Waals surface area contributed by atoms with Gasteiger partial charge in [0.25, 0.3) is 5.91 Å². The molecule has 0 aliphatic carbocycles. The average molecular weight is 633 g/mol. The minimum atomic E-state index is -0.611. The van der Waals surface area contributed by atoms with Gasteiger partial charge in [0.1, 0.15) is 5.71 Å². The lowest BCUT2D eigenvalue weighted by molar-refractivity contribution is -0.119. The summed E-state index contributed by atoms with van der Waals surface area (Å²) < 4.78 is 19.9. The molecular formula is C33H34ClFN6O4. The number of halogens is 2. The van der Waals surface area contributed by atoms with Crippen LogP contribution in [0.4, 0.5) is 20.6 Å². The summed E-state index contributed by atoms with van der Waals surface area (Å²) in [6, 6.07) is 13.0. The first-order chi connectivity index (χ1) is 21.7. The number of anilines is 2. The molecule has 0 saturated heterocycles. The number of ether oxygens (including phenoxy) is 1. The van der Waals surface area contributed by atoms with Gasteiger partial charge < -0.3 is 15.4 Å². The molecule has 2 bridgehead atoms. The topological polar surface area (TPSA) is 134 Å². The van der Waals surface area contributed by atoms with Crippen molar-refractivity contribution >= 4 is 52.3 Å². The molecular weight excluding hydrogens is 599 g/mol. The van der Waals surface area contributed by atoms with E-state index < -0.39 is 29.8 Å². The molecule has 3 N–H and O–H groups in total. The van der Waals surface area contributed by atoms with Crippen LogP contribution in [0.5, 0.6) is 0 Å². The highest BCUT2D eigenvalue weighted by atomic mass is 35.5. The van der Waals surface area contributed by atoms with Gasteiger partial charge in [-0.05, 0) is 61.2 Å². The molecule has 3 aromatic rings. The Balaban J connectivity index is 1.41. The number of aromatic nitrogens is 1. The maximum absolute atomic E-state index is 14.7. The number of rotatable bonds is 6. The molecule has 0 fully saturated rings. The van der Waals surface area contributed by atoms with Crippen LogP contribution in [-0.2, 0) is 14.3 Å². The minimum absolute atomic E-state index is 0.0362. The molecule has 3 atom stereocenters. The van der Waals surface area contributed by atoms with Crippen LogP contribution in [0.15, 0.2) is 64.9 Å². The van der Waals surface area contributed by atoms with E-state index in [9.17, 15) is 18.8 Å². The molecule has 5 rings (SSSR count). The Morgan fingerprint density at radius 1 is 1.09 bits per heavy atom. The summed E-state index contributed by atoms with van der Waals surface area (Å²) in [5.74, 6) is -2.11. The van der Waals surface area contributed by atoms with Crippen molar-refractivity contribution in [1.29, 1.82) is 0 Å². The summed E-state index contributed by atoms with van der Waals surface area (Å²) in [6.45, 7) is 5.79. The molecule has 234 valence electrons. The normalized spacial score (nSPS) is 19.6. The molecule has 2 aliphatic heterocycles. The second-order valence-corrected chi connectivity index (χ2v) is 11.5. The van der Waals surface area contributed by atoms with Crippen molar-refractivity contribution in [2.75, 3.05) is 17.2 Å². The zero-order valence-electron chi connectivity index (χ0n) is 25.2. The number of nitrogens with one attached hydrogen (secondary N) is 3. The number of amides is 3. The van der Waals surface area contributed by atoms with Gasteiger partial charge in [0, 0.05) is 28.9 Å². The van der Waals surface area contributed by atoms with Gasteiger partial charge in [0.15, 0.2) is 5.82 Å². The van der Waals surface area contributed by atoms with Crippen LogP contribution in [0.25, 0.3) is 11.1 Å². The Hall–Kier alpha value is -4.64. The molecule has 10 nitrogen and oxygen atoms in total. The molecule has 0 spiro atoms. The van der Waals surface area contributed by atoms with Gasteiger partial charge in [0.05, 0.1) is 40.7 Å². The number of pyridine rings is 1. The Bertz CT molecular complexity index is 1690. The van der Waals surface area contributed by atoms with Crippen LogP contribution in [0, 0.1) is 17.7 Å². The highest BCUT2D eigenvalue weighted by Crippen LogP contribution is 2.34. The third-order valence-corrected chi connectivity index (χ3v) is 8.13.